The van der Waals surface area contributed by atoms with Crippen molar-refractivity contribution in [3.05, 3.63) is 59.7 Å². The Labute approximate surface area is 165 Å². The minimum atomic E-state index is -0.600. The molecule has 28 heavy (non-hydrogen) atoms. The van der Waals surface area contributed by atoms with Gasteiger partial charge >= 0.3 is 5.97 Å². The summed E-state index contributed by atoms with van der Waals surface area (Å²) < 4.78 is 16.2. The summed E-state index contributed by atoms with van der Waals surface area (Å²) in [6.45, 7) is 5.84. The number of methoxy groups -OCH3 is 1. The van der Waals surface area contributed by atoms with Crippen LogP contribution in [-0.2, 0) is 16.1 Å². The predicted octanol–water partition coefficient (Wildman–Crippen LogP) is 3.74. The summed E-state index contributed by atoms with van der Waals surface area (Å²) in [5, 5.41) is 2.82. The van der Waals surface area contributed by atoms with Gasteiger partial charge in [-0.3, -0.25) is 4.79 Å². The first-order valence-corrected chi connectivity index (χ1v) is 9.17. The molecule has 0 spiro atoms. The lowest BCUT2D eigenvalue weighted by Crippen LogP contribution is -2.44. The maximum Gasteiger partial charge on any atom is 0.338 e. The first kappa shape index (κ1) is 21.3. The highest BCUT2D eigenvalue weighted by molar-refractivity contribution is 5.92. The molecule has 0 heterocycles. The number of esters is 1. The molecule has 0 aliphatic carbocycles. The lowest BCUT2D eigenvalue weighted by molar-refractivity contribution is -0.125. The van der Waals surface area contributed by atoms with Crippen molar-refractivity contribution >= 4 is 11.9 Å². The Kier molecular flexibility index (Phi) is 7.44. The minimum absolute atomic E-state index is 0.284. The van der Waals surface area contributed by atoms with Crippen molar-refractivity contribution in [2.24, 2.45) is 0 Å². The van der Waals surface area contributed by atoms with Gasteiger partial charge in [-0.15, -0.1) is 0 Å². The fraction of sp³-hybridized carbons (Fsp3) is 0.364. The second-order valence-corrected chi connectivity index (χ2v) is 7.00. The van der Waals surface area contributed by atoms with Crippen LogP contribution in [0.3, 0.4) is 0 Å². The van der Waals surface area contributed by atoms with Gasteiger partial charge in [-0.1, -0.05) is 37.3 Å². The largest absolute Gasteiger partial charge is 0.493 e. The number of hydrogen-bond donors (Lipinski definition) is 1. The average molecular weight is 385 g/mol. The number of ether oxygens (including phenoxy) is 3. The molecule has 2 aromatic rings. The molecule has 0 unspecified atom stereocenters. The highest BCUT2D eigenvalue weighted by atomic mass is 16.5. The van der Waals surface area contributed by atoms with Gasteiger partial charge in [0.15, 0.2) is 18.1 Å². The average Bonchev–Trinajstić information content (AvgIpc) is 2.70. The van der Waals surface area contributed by atoms with E-state index in [2.05, 4.69) is 5.32 Å². The van der Waals surface area contributed by atoms with E-state index in [1.54, 1.807) is 12.1 Å². The summed E-state index contributed by atoms with van der Waals surface area (Å²) in [7, 11) is 1.50. The van der Waals surface area contributed by atoms with Crippen LogP contribution in [0.1, 0.15) is 43.1 Å². The molecule has 1 N–H and O–H groups in total. The Hall–Kier alpha value is -3.02. The Morgan fingerprint density at radius 2 is 1.75 bits per heavy atom. The molecular formula is C22H27NO5. The third kappa shape index (κ3) is 6.30. The van der Waals surface area contributed by atoms with Crippen LogP contribution < -0.4 is 14.8 Å². The molecule has 0 radical (unpaired) electrons. The number of hydrogen-bond acceptors (Lipinski definition) is 5. The molecule has 150 valence electrons. The zero-order valence-electron chi connectivity index (χ0n) is 16.8. The van der Waals surface area contributed by atoms with Gasteiger partial charge in [-0.25, -0.2) is 4.79 Å². The maximum atomic E-state index is 12.2. The molecular weight excluding hydrogens is 358 g/mol. The van der Waals surface area contributed by atoms with E-state index in [1.165, 1.54) is 13.2 Å². The molecule has 0 bridgehead atoms. The van der Waals surface area contributed by atoms with Gasteiger partial charge in [-0.05, 0) is 44.0 Å². The van der Waals surface area contributed by atoms with E-state index < -0.39 is 5.97 Å². The number of rotatable bonds is 9. The van der Waals surface area contributed by atoms with Crippen LogP contribution in [0.2, 0.25) is 0 Å². The summed E-state index contributed by atoms with van der Waals surface area (Å²) in [4.78, 5) is 24.2. The summed E-state index contributed by atoms with van der Waals surface area (Å²) in [6, 6.07) is 14.5. The van der Waals surface area contributed by atoms with Crippen molar-refractivity contribution in [3.8, 4) is 11.5 Å². The molecule has 1 amide bonds. The second kappa shape index (κ2) is 9.78. The highest BCUT2D eigenvalue weighted by Gasteiger charge is 2.19. The molecule has 0 aliphatic heterocycles. The van der Waals surface area contributed by atoms with Crippen molar-refractivity contribution in [3.63, 3.8) is 0 Å². The summed E-state index contributed by atoms with van der Waals surface area (Å²) in [5.41, 5.74) is 0.963. The Morgan fingerprint density at radius 3 is 2.39 bits per heavy atom. The normalized spacial score (nSPS) is 10.9. The SMILES string of the molecule is CCC(C)(C)NC(=O)COC(=O)c1ccc(OCc2ccccc2)c(OC)c1. The Balaban J connectivity index is 1.96. The second-order valence-electron chi connectivity index (χ2n) is 7.00. The maximum absolute atomic E-state index is 12.2. The molecule has 6 heteroatoms. The van der Waals surface area contributed by atoms with Crippen LogP contribution in [0.25, 0.3) is 0 Å². The number of amides is 1. The smallest absolute Gasteiger partial charge is 0.338 e. The number of carbonyl (C=O) groups excluding carboxylic acids is 2. The van der Waals surface area contributed by atoms with E-state index in [0.29, 0.717) is 18.1 Å². The number of carbonyl (C=O) groups is 2. The van der Waals surface area contributed by atoms with Gasteiger partial charge in [-0.2, -0.15) is 0 Å². The van der Waals surface area contributed by atoms with Crippen molar-refractivity contribution in [1.82, 2.24) is 5.32 Å². The summed E-state index contributed by atoms with van der Waals surface area (Å²) in [6.07, 6.45) is 0.772. The van der Waals surface area contributed by atoms with Crippen molar-refractivity contribution in [1.29, 1.82) is 0 Å². The van der Waals surface area contributed by atoms with Crippen LogP contribution in [0.5, 0.6) is 11.5 Å². The lowest BCUT2D eigenvalue weighted by Gasteiger charge is -2.24. The molecule has 0 atom stereocenters. The van der Waals surface area contributed by atoms with E-state index in [-0.39, 0.29) is 23.6 Å². The molecule has 0 saturated heterocycles. The topological polar surface area (TPSA) is 73.9 Å². The van der Waals surface area contributed by atoms with Crippen molar-refractivity contribution < 1.29 is 23.8 Å². The van der Waals surface area contributed by atoms with Gasteiger partial charge in [0.25, 0.3) is 5.91 Å². The fourth-order valence-electron chi connectivity index (χ4n) is 2.37. The standard InChI is InChI=1S/C22H27NO5/c1-5-22(2,3)23-20(24)15-28-21(25)17-11-12-18(19(13-17)26-4)27-14-16-9-7-6-8-10-16/h6-13H,5,14-15H2,1-4H3,(H,23,24). The van der Waals surface area contributed by atoms with E-state index in [4.69, 9.17) is 14.2 Å². The van der Waals surface area contributed by atoms with Gasteiger partial charge in [0.1, 0.15) is 6.61 Å². The van der Waals surface area contributed by atoms with Gasteiger partial charge in [0.05, 0.1) is 12.7 Å². The zero-order chi connectivity index (χ0) is 20.6. The van der Waals surface area contributed by atoms with Crippen LogP contribution in [0.4, 0.5) is 0 Å². The number of nitrogens with one attached hydrogen (secondary N) is 1. The van der Waals surface area contributed by atoms with Gasteiger partial charge in [0.2, 0.25) is 0 Å². The third-order valence-electron chi connectivity index (χ3n) is 4.33. The van der Waals surface area contributed by atoms with Crippen molar-refractivity contribution in [2.75, 3.05) is 13.7 Å². The Morgan fingerprint density at radius 1 is 1.04 bits per heavy atom. The summed E-state index contributed by atoms with van der Waals surface area (Å²) >= 11 is 0. The fourth-order valence-corrected chi connectivity index (χ4v) is 2.37. The molecule has 0 fully saturated rings. The van der Waals surface area contributed by atoms with Crippen LogP contribution in [0, 0.1) is 0 Å². The van der Waals surface area contributed by atoms with Crippen LogP contribution in [-0.4, -0.2) is 31.1 Å². The van der Waals surface area contributed by atoms with Gasteiger partial charge < -0.3 is 19.5 Å². The molecule has 2 rings (SSSR count). The predicted molar refractivity (Wildman–Crippen MR) is 107 cm³/mol. The van der Waals surface area contributed by atoms with Gasteiger partial charge in [0, 0.05) is 5.54 Å². The van der Waals surface area contributed by atoms with Crippen molar-refractivity contribution in [2.45, 2.75) is 39.3 Å². The third-order valence-corrected chi connectivity index (χ3v) is 4.33. The molecule has 6 nitrogen and oxygen atoms in total. The highest BCUT2D eigenvalue weighted by Crippen LogP contribution is 2.29. The van der Waals surface area contributed by atoms with Crippen LogP contribution >= 0.6 is 0 Å². The zero-order valence-corrected chi connectivity index (χ0v) is 16.8. The first-order valence-electron chi connectivity index (χ1n) is 9.17. The molecule has 0 aromatic heterocycles. The molecule has 0 saturated carbocycles. The minimum Gasteiger partial charge on any atom is -0.493 e. The van der Waals surface area contributed by atoms with E-state index in [1.807, 2.05) is 51.1 Å². The lowest BCUT2D eigenvalue weighted by atomic mass is 10.0. The van der Waals surface area contributed by atoms with E-state index >= 15 is 0 Å². The summed E-state index contributed by atoms with van der Waals surface area (Å²) in [5.74, 6) is -0.000339. The molecule has 0 aliphatic rings. The Bertz CT molecular complexity index is 802. The quantitative estimate of drug-likeness (QED) is 0.666. The van der Waals surface area contributed by atoms with E-state index in [0.717, 1.165) is 12.0 Å². The van der Waals surface area contributed by atoms with E-state index in [9.17, 15) is 9.59 Å². The number of benzene rings is 2. The monoisotopic (exact) mass is 385 g/mol. The van der Waals surface area contributed by atoms with Crippen LogP contribution in [0.15, 0.2) is 48.5 Å². The molecule has 2 aromatic carbocycles. The first-order chi connectivity index (χ1) is 13.3.